The van der Waals surface area contributed by atoms with Gasteiger partial charge in [-0.05, 0) is 57.9 Å². The summed E-state index contributed by atoms with van der Waals surface area (Å²) >= 11 is 0. The zero-order valence-corrected chi connectivity index (χ0v) is 21.8. The predicted molar refractivity (Wildman–Crippen MR) is 143 cm³/mol. The maximum absolute atomic E-state index is 13.6. The third-order valence-electron chi connectivity index (χ3n) is 6.63. The number of nitrogens with zero attached hydrogens (tertiary/aromatic N) is 1. The highest BCUT2D eigenvalue weighted by molar-refractivity contribution is 5.96. The molecule has 3 heteroatoms. The fourth-order valence-electron chi connectivity index (χ4n) is 4.85. The van der Waals surface area contributed by atoms with Gasteiger partial charge in [-0.15, -0.1) is 0 Å². The molecule has 0 aromatic heterocycles. The number of amides is 1. The van der Waals surface area contributed by atoms with E-state index < -0.39 is 0 Å². The van der Waals surface area contributed by atoms with Crippen molar-refractivity contribution in [1.82, 2.24) is 4.90 Å². The van der Waals surface area contributed by atoms with Gasteiger partial charge in [0.05, 0.1) is 0 Å². The molecule has 33 heavy (non-hydrogen) atoms. The van der Waals surface area contributed by atoms with E-state index in [1.807, 2.05) is 17.0 Å². The number of anilines is 1. The molecule has 0 spiro atoms. The van der Waals surface area contributed by atoms with Crippen molar-refractivity contribution in [1.29, 1.82) is 0 Å². The fourth-order valence-corrected chi connectivity index (χ4v) is 4.85. The van der Waals surface area contributed by atoms with Crippen molar-refractivity contribution in [2.75, 3.05) is 5.32 Å². The van der Waals surface area contributed by atoms with Gasteiger partial charge in [0.25, 0.3) is 5.91 Å². The van der Waals surface area contributed by atoms with E-state index in [2.05, 4.69) is 89.3 Å². The van der Waals surface area contributed by atoms with Gasteiger partial charge in [0.15, 0.2) is 0 Å². The summed E-state index contributed by atoms with van der Waals surface area (Å²) < 4.78 is 0. The minimum absolute atomic E-state index is 0.139. The Bertz CT molecular complexity index is 807. The first-order valence-corrected chi connectivity index (χ1v) is 13.1. The van der Waals surface area contributed by atoms with Crippen LogP contribution in [0.15, 0.2) is 54.6 Å². The summed E-state index contributed by atoms with van der Waals surface area (Å²) in [5.74, 6) is 0.364. The Kier molecular flexibility index (Phi) is 11.5. The SMILES string of the molecule is CCCCCCCC[C@@H](Nc1ccccc1)[C@H](C)c1ccccc1C(=O)N(C(C)C)C(C)C. The van der Waals surface area contributed by atoms with Crippen molar-refractivity contribution in [3.8, 4) is 0 Å². The molecule has 182 valence electrons. The zero-order chi connectivity index (χ0) is 24.2. The summed E-state index contributed by atoms with van der Waals surface area (Å²) in [6, 6.07) is 19.3. The van der Waals surface area contributed by atoms with Crippen molar-refractivity contribution in [2.24, 2.45) is 0 Å². The summed E-state index contributed by atoms with van der Waals surface area (Å²) in [4.78, 5) is 15.6. The fraction of sp³-hybridized carbons (Fsp3) is 0.567. The van der Waals surface area contributed by atoms with E-state index in [1.165, 1.54) is 38.5 Å². The Balaban J connectivity index is 2.25. The Morgan fingerprint density at radius 2 is 1.36 bits per heavy atom. The lowest BCUT2D eigenvalue weighted by molar-refractivity contribution is 0.0642. The third-order valence-corrected chi connectivity index (χ3v) is 6.63. The van der Waals surface area contributed by atoms with E-state index >= 15 is 0 Å². The first kappa shape index (κ1) is 27.0. The molecule has 2 atom stereocenters. The van der Waals surface area contributed by atoms with Gasteiger partial charge < -0.3 is 10.2 Å². The first-order valence-electron chi connectivity index (χ1n) is 13.1. The van der Waals surface area contributed by atoms with Crippen molar-refractivity contribution in [3.63, 3.8) is 0 Å². The average Bonchev–Trinajstić information content (AvgIpc) is 2.80. The Labute approximate surface area is 203 Å². The lowest BCUT2D eigenvalue weighted by Crippen LogP contribution is -2.42. The standard InChI is InChI=1S/C30H46N2O/c1-7-8-9-10-11-15-22-29(31-26-18-13-12-14-19-26)25(6)27-20-16-17-21-28(27)30(33)32(23(2)3)24(4)5/h12-14,16-21,23-25,29,31H,7-11,15,22H2,1-6H3/t25-,29-/m1/s1. The van der Waals surface area contributed by atoms with Crippen molar-refractivity contribution >= 4 is 11.6 Å². The number of rotatable bonds is 14. The number of carbonyl (C=O) groups excluding carboxylic acids is 1. The van der Waals surface area contributed by atoms with Crippen LogP contribution in [0.25, 0.3) is 0 Å². The van der Waals surface area contributed by atoms with E-state index in [4.69, 9.17) is 0 Å². The van der Waals surface area contributed by atoms with Gasteiger partial charge in [0.2, 0.25) is 0 Å². The topological polar surface area (TPSA) is 32.3 Å². The van der Waals surface area contributed by atoms with Gasteiger partial charge in [0.1, 0.15) is 0 Å². The molecule has 2 aromatic carbocycles. The summed E-state index contributed by atoms with van der Waals surface area (Å²) in [5.41, 5.74) is 3.14. The van der Waals surface area contributed by atoms with Gasteiger partial charge in [0, 0.05) is 35.3 Å². The van der Waals surface area contributed by atoms with E-state index in [-0.39, 0.29) is 30.0 Å². The number of para-hydroxylation sites is 1. The molecule has 0 bridgehead atoms. The highest BCUT2D eigenvalue weighted by Gasteiger charge is 2.27. The second-order valence-electron chi connectivity index (χ2n) is 9.95. The zero-order valence-electron chi connectivity index (χ0n) is 21.8. The molecule has 3 nitrogen and oxygen atoms in total. The van der Waals surface area contributed by atoms with Crippen LogP contribution in [-0.2, 0) is 0 Å². The molecule has 0 radical (unpaired) electrons. The lowest BCUT2D eigenvalue weighted by Gasteiger charge is -2.33. The van der Waals surface area contributed by atoms with Gasteiger partial charge in [-0.1, -0.05) is 88.8 Å². The molecule has 0 aliphatic carbocycles. The number of hydrogen-bond donors (Lipinski definition) is 1. The maximum atomic E-state index is 13.6. The minimum Gasteiger partial charge on any atom is -0.382 e. The number of benzene rings is 2. The van der Waals surface area contributed by atoms with Crippen LogP contribution in [0.3, 0.4) is 0 Å². The average molecular weight is 451 g/mol. The van der Waals surface area contributed by atoms with Crippen LogP contribution in [-0.4, -0.2) is 28.9 Å². The minimum atomic E-state index is 0.139. The third kappa shape index (κ3) is 8.21. The number of carbonyl (C=O) groups is 1. The molecule has 1 amide bonds. The number of hydrogen-bond acceptors (Lipinski definition) is 2. The molecule has 0 aliphatic heterocycles. The highest BCUT2D eigenvalue weighted by atomic mass is 16.2. The van der Waals surface area contributed by atoms with E-state index in [0.29, 0.717) is 0 Å². The normalized spacial score (nSPS) is 13.2. The largest absolute Gasteiger partial charge is 0.382 e. The molecule has 1 N–H and O–H groups in total. The van der Waals surface area contributed by atoms with Crippen molar-refractivity contribution in [2.45, 2.75) is 111 Å². The highest BCUT2D eigenvalue weighted by Crippen LogP contribution is 2.30. The van der Waals surface area contributed by atoms with Crippen LogP contribution in [0.2, 0.25) is 0 Å². The Hall–Kier alpha value is -2.29. The second kappa shape index (κ2) is 14.1. The monoisotopic (exact) mass is 450 g/mol. The lowest BCUT2D eigenvalue weighted by atomic mass is 9.86. The molecule has 0 heterocycles. The van der Waals surface area contributed by atoms with Crippen LogP contribution >= 0.6 is 0 Å². The quantitative estimate of drug-likeness (QED) is 0.294. The Morgan fingerprint density at radius 1 is 0.788 bits per heavy atom. The van der Waals surface area contributed by atoms with Crippen LogP contribution in [0.1, 0.15) is 108 Å². The van der Waals surface area contributed by atoms with Crippen LogP contribution in [0.4, 0.5) is 5.69 Å². The molecule has 0 saturated heterocycles. The van der Waals surface area contributed by atoms with E-state index in [0.717, 1.165) is 23.2 Å². The molecular formula is C30H46N2O. The molecule has 2 aromatic rings. The summed E-state index contributed by atoms with van der Waals surface area (Å²) in [5, 5.41) is 3.80. The second-order valence-corrected chi connectivity index (χ2v) is 9.95. The number of nitrogens with one attached hydrogen (secondary N) is 1. The van der Waals surface area contributed by atoms with Gasteiger partial charge in [-0.2, -0.15) is 0 Å². The molecule has 2 rings (SSSR count). The summed E-state index contributed by atoms with van der Waals surface area (Å²) in [6.45, 7) is 12.9. The predicted octanol–water partition coefficient (Wildman–Crippen LogP) is 8.28. The smallest absolute Gasteiger partial charge is 0.254 e. The number of unbranched alkanes of at least 4 members (excludes halogenated alkanes) is 5. The van der Waals surface area contributed by atoms with Gasteiger partial charge >= 0.3 is 0 Å². The van der Waals surface area contributed by atoms with Gasteiger partial charge in [-0.25, -0.2) is 0 Å². The summed E-state index contributed by atoms with van der Waals surface area (Å²) in [7, 11) is 0. The summed E-state index contributed by atoms with van der Waals surface area (Å²) in [6.07, 6.45) is 8.84. The van der Waals surface area contributed by atoms with Crippen LogP contribution in [0, 0.1) is 0 Å². The molecule has 0 unspecified atom stereocenters. The molecular weight excluding hydrogens is 404 g/mol. The molecule has 0 aliphatic rings. The van der Waals surface area contributed by atoms with Crippen LogP contribution < -0.4 is 5.32 Å². The van der Waals surface area contributed by atoms with E-state index in [1.54, 1.807) is 0 Å². The van der Waals surface area contributed by atoms with Crippen molar-refractivity contribution < 1.29 is 4.79 Å². The maximum Gasteiger partial charge on any atom is 0.254 e. The molecule has 0 fully saturated rings. The van der Waals surface area contributed by atoms with E-state index in [9.17, 15) is 4.79 Å². The molecule has 0 saturated carbocycles. The van der Waals surface area contributed by atoms with Crippen molar-refractivity contribution in [3.05, 3.63) is 65.7 Å². The van der Waals surface area contributed by atoms with Crippen LogP contribution in [0.5, 0.6) is 0 Å². The van der Waals surface area contributed by atoms with Gasteiger partial charge in [-0.3, -0.25) is 4.79 Å². The Morgan fingerprint density at radius 3 is 2.00 bits per heavy atom. The first-order chi connectivity index (χ1) is 15.9.